The van der Waals surface area contributed by atoms with Gasteiger partial charge in [0.1, 0.15) is 0 Å². The van der Waals surface area contributed by atoms with Crippen molar-refractivity contribution in [3.8, 4) is 16.9 Å². The minimum Gasteiger partial charge on any atom is -0.347 e. The summed E-state index contributed by atoms with van der Waals surface area (Å²) in [6.07, 6.45) is 1.96. The van der Waals surface area contributed by atoms with Crippen LogP contribution in [0.4, 0.5) is 0 Å². The molecule has 3 aromatic carbocycles. The number of carbonyl (C=O) groups is 1. The van der Waals surface area contributed by atoms with Crippen LogP contribution < -0.4 is 5.32 Å². The summed E-state index contributed by atoms with van der Waals surface area (Å²) in [5.41, 5.74) is 4.71. The smallest absolute Gasteiger partial charge is 0.272 e. The molecular weight excluding hydrogens is 527 g/mol. The number of rotatable bonds is 6. The largest absolute Gasteiger partial charge is 0.347 e. The van der Waals surface area contributed by atoms with E-state index in [1.807, 2.05) is 37.3 Å². The maximum atomic E-state index is 13.5. The van der Waals surface area contributed by atoms with Crippen molar-refractivity contribution < 1.29 is 4.79 Å². The summed E-state index contributed by atoms with van der Waals surface area (Å²) < 4.78 is 1.72. The van der Waals surface area contributed by atoms with Gasteiger partial charge in [0.15, 0.2) is 5.69 Å². The first-order valence-electron chi connectivity index (χ1n) is 12.3. The molecule has 1 atom stereocenters. The molecule has 0 bridgehead atoms. The first-order valence-corrected chi connectivity index (χ1v) is 13.4. The van der Waals surface area contributed by atoms with E-state index in [0.717, 1.165) is 49.3 Å². The Bertz CT molecular complexity index is 1400. The number of nitrogens with zero attached hydrogens (tertiary/aromatic N) is 3. The Kier molecular flexibility index (Phi) is 7.87. The maximum Gasteiger partial charge on any atom is 0.272 e. The van der Waals surface area contributed by atoms with Crippen molar-refractivity contribution in [3.63, 3.8) is 0 Å². The molecule has 0 spiro atoms. The van der Waals surface area contributed by atoms with Gasteiger partial charge in [-0.15, -0.1) is 0 Å². The molecule has 1 N–H and O–H groups in total. The predicted octanol–water partition coefficient (Wildman–Crippen LogP) is 7.20. The van der Waals surface area contributed by atoms with Crippen LogP contribution in [0.1, 0.15) is 34.5 Å². The van der Waals surface area contributed by atoms with E-state index in [1.165, 1.54) is 5.56 Å². The highest BCUT2D eigenvalue weighted by molar-refractivity contribution is 6.35. The van der Waals surface area contributed by atoms with Gasteiger partial charge < -0.3 is 5.32 Å². The zero-order valence-electron chi connectivity index (χ0n) is 20.4. The Morgan fingerprint density at radius 2 is 1.73 bits per heavy atom. The van der Waals surface area contributed by atoms with E-state index in [2.05, 4.69) is 34.5 Å². The minimum absolute atomic E-state index is 0.0487. The molecule has 0 unspecified atom stereocenters. The number of piperidine rings is 1. The van der Waals surface area contributed by atoms with E-state index in [9.17, 15) is 4.79 Å². The third kappa shape index (κ3) is 5.86. The highest BCUT2D eigenvalue weighted by Crippen LogP contribution is 2.33. The highest BCUT2D eigenvalue weighted by Gasteiger charge is 2.27. The Balaban J connectivity index is 1.43. The lowest BCUT2D eigenvalue weighted by Crippen LogP contribution is -2.47. The lowest BCUT2D eigenvalue weighted by molar-refractivity contribution is 0.0894. The van der Waals surface area contributed by atoms with Crippen LogP contribution in [0.5, 0.6) is 0 Å². The van der Waals surface area contributed by atoms with Crippen LogP contribution in [0, 0.1) is 6.92 Å². The van der Waals surface area contributed by atoms with Crippen molar-refractivity contribution in [2.75, 3.05) is 13.1 Å². The fourth-order valence-electron chi connectivity index (χ4n) is 4.90. The summed E-state index contributed by atoms with van der Waals surface area (Å²) in [6, 6.07) is 23.2. The van der Waals surface area contributed by atoms with Gasteiger partial charge in [0.25, 0.3) is 5.91 Å². The molecule has 0 aliphatic carbocycles. The van der Waals surface area contributed by atoms with Gasteiger partial charge in [0.05, 0.1) is 16.4 Å². The van der Waals surface area contributed by atoms with Gasteiger partial charge in [-0.05, 0) is 62.2 Å². The zero-order valence-corrected chi connectivity index (χ0v) is 22.7. The summed E-state index contributed by atoms with van der Waals surface area (Å²) in [5.74, 6) is -0.192. The molecule has 5 nitrogen and oxygen atoms in total. The molecule has 0 radical (unpaired) electrons. The molecule has 190 valence electrons. The van der Waals surface area contributed by atoms with Gasteiger partial charge in [-0.1, -0.05) is 77.3 Å². The summed E-state index contributed by atoms with van der Waals surface area (Å²) in [4.78, 5) is 15.9. The molecule has 5 rings (SSSR count). The summed E-state index contributed by atoms with van der Waals surface area (Å²) in [6.45, 7) is 4.60. The number of amides is 1. The first kappa shape index (κ1) is 25.8. The number of likely N-dealkylation sites (tertiary alicyclic amines) is 1. The van der Waals surface area contributed by atoms with Gasteiger partial charge in [0, 0.05) is 40.3 Å². The topological polar surface area (TPSA) is 50.2 Å². The molecule has 1 aliphatic heterocycles. The number of halogens is 3. The zero-order chi connectivity index (χ0) is 25.9. The summed E-state index contributed by atoms with van der Waals surface area (Å²) in [7, 11) is 0. The maximum absolute atomic E-state index is 13.5. The van der Waals surface area contributed by atoms with Crippen molar-refractivity contribution in [2.45, 2.75) is 32.4 Å². The van der Waals surface area contributed by atoms with Crippen molar-refractivity contribution in [2.24, 2.45) is 0 Å². The van der Waals surface area contributed by atoms with E-state index in [0.29, 0.717) is 26.4 Å². The number of nitrogens with one attached hydrogen (secondary N) is 1. The number of hydrogen-bond acceptors (Lipinski definition) is 3. The van der Waals surface area contributed by atoms with Crippen LogP contribution in [-0.4, -0.2) is 39.7 Å². The molecular formula is C29H27Cl3N4O. The SMILES string of the molecule is Cc1c(C(=O)N[C@H]2CCCN(Cc3ccccc3)C2)nn(-c2ccc(Cl)cc2Cl)c1-c1ccc(Cl)cc1. The third-order valence-electron chi connectivity index (χ3n) is 6.68. The molecule has 8 heteroatoms. The Hall–Kier alpha value is -2.83. The lowest BCUT2D eigenvalue weighted by atomic mass is 10.0. The van der Waals surface area contributed by atoms with Gasteiger partial charge in [-0.2, -0.15) is 5.10 Å². The number of benzene rings is 3. The quantitative estimate of drug-likeness (QED) is 0.275. The molecule has 1 aliphatic rings. The molecule has 2 heterocycles. The molecule has 37 heavy (non-hydrogen) atoms. The molecule has 1 fully saturated rings. The van der Waals surface area contributed by atoms with Gasteiger partial charge in [-0.25, -0.2) is 4.68 Å². The number of aromatic nitrogens is 2. The van der Waals surface area contributed by atoms with Crippen LogP contribution in [0.2, 0.25) is 15.1 Å². The average molecular weight is 554 g/mol. The van der Waals surface area contributed by atoms with E-state index < -0.39 is 0 Å². The Morgan fingerprint density at radius 3 is 2.46 bits per heavy atom. The average Bonchev–Trinajstić information content (AvgIpc) is 3.22. The van der Waals surface area contributed by atoms with Crippen LogP contribution in [-0.2, 0) is 6.54 Å². The fraction of sp³-hybridized carbons (Fsp3) is 0.241. The first-order chi connectivity index (χ1) is 17.9. The van der Waals surface area contributed by atoms with Crippen molar-refractivity contribution in [1.82, 2.24) is 20.0 Å². The standard InChI is InChI=1S/C29H27Cl3N4O/c1-19-27(29(37)33-24-8-5-15-35(18-24)17-20-6-3-2-4-7-20)34-36(26-14-13-23(31)16-25(26)32)28(19)21-9-11-22(30)12-10-21/h2-4,6-7,9-14,16,24H,5,8,15,17-18H2,1H3,(H,33,37)/t24-/m0/s1. The van der Waals surface area contributed by atoms with Crippen molar-refractivity contribution in [1.29, 1.82) is 0 Å². The van der Waals surface area contributed by atoms with Crippen LogP contribution in [0.3, 0.4) is 0 Å². The second kappa shape index (κ2) is 11.3. The molecule has 1 saturated heterocycles. The minimum atomic E-state index is -0.192. The van der Waals surface area contributed by atoms with E-state index >= 15 is 0 Å². The second-order valence-corrected chi connectivity index (χ2v) is 10.7. The van der Waals surface area contributed by atoms with Crippen molar-refractivity contribution >= 4 is 40.7 Å². The predicted molar refractivity (Wildman–Crippen MR) is 151 cm³/mol. The van der Waals surface area contributed by atoms with E-state index in [1.54, 1.807) is 22.9 Å². The summed E-state index contributed by atoms with van der Waals surface area (Å²) >= 11 is 18.8. The van der Waals surface area contributed by atoms with Crippen molar-refractivity contribution in [3.05, 3.63) is 105 Å². The monoisotopic (exact) mass is 552 g/mol. The Morgan fingerprint density at radius 1 is 1.00 bits per heavy atom. The molecule has 1 aromatic heterocycles. The van der Waals surface area contributed by atoms with Crippen LogP contribution in [0.15, 0.2) is 72.8 Å². The number of hydrogen-bond donors (Lipinski definition) is 1. The summed E-state index contributed by atoms with van der Waals surface area (Å²) in [5, 5.41) is 9.59. The third-order valence-corrected chi connectivity index (χ3v) is 7.47. The fourth-order valence-corrected chi connectivity index (χ4v) is 5.51. The van der Waals surface area contributed by atoms with Gasteiger partial charge in [-0.3, -0.25) is 9.69 Å². The van der Waals surface area contributed by atoms with Crippen LogP contribution in [0.25, 0.3) is 16.9 Å². The second-order valence-electron chi connectivity index (χ2n) is 9.37. The Labute approximate surface area is 232 Å². The number of carbonyl (C=O) groups excluding carboxylic acids is 1. The van der Waals surface area contributed by atoms with Crippen LogP contribution >= 0.6 is 34.8 Å². The molecule has 0 saturated carbocycles. The molecule has 4 aromatic rings. The van der Waals surface area contributed by atoms with E-state index in [4.69, 9.17) is 39.9 Å². The van der Waals surface area contributed by atoms with Gasteiger partial charge in [0.2, 0.25) is 0 Å². The highest BCUT2D eigenvalue weighted by atomic mass is 35.5. The molecule has 1 amide bonds. The lowest BCUT2D eigenvalue weighted by Gasteiger charge is -2.33. The normalized spacial score (nSPS) is 16.1. The van der Waals surface area contributed by atoms with Gasteiger partial charge >= 0.3 is 0 Å². The van der Waals surface area contributed by atoms with E-state index in [-0.39, 0.29) is 11.9 Å².